The first-order valence-electron chi connectivity index (χ1n) is 5.56. The molecule has 1 aliphatic heterocycles. The standard InChI is InChI=1S/C12H13N3S2/c1-8-13-12(15-14-8)17-7-9-6-16-11-5-3-2-4-10(9)11/h2-5,9H,6-7H2,1H3,(H,13,14,15). The number of aromatic amines is 1. The van der Waals surface area contributed by atoms with E-state index in [0.717, 1.165) is 16.7 Å². The van der Waals surface area contributed by atoms with Crippen LogP contribution in [0.25, 0.3) is 0 Å². The Morgan fingerprint density at radius 1 is 1.47 bits per heavy atom. The molecule has 88 valence electrons. The number of rotatable bonds is 3. The van der Waals surface area contributed by atoms with E-state index >= 15 is 0 Å². The van der Waals surface area contributed by atoms with Gasteiger partial charge in [0.05, 0.1) is 0 Å². The molecule has 1 unspecified atom stereocenters. The van der Waals surface area contributed by atoms with Crippen LogP contribution in [0.2, 0.25) is 0 Å². The predicted octanol–water partition coefficient (Wildman–Crippen LogP) is 3.09. The van der Waals surface area contributed by atoms with Crippen LogP contribution in [-0.2, 0) is 0 Å². The van der Waals surface area contributed by atoms with Crippen molar-refractivity contribution >= 4 is 23.5 Å². The smallest absolute Gasteiger partial charge is 0.208 e. The van der Waals surface area contributed by atoms with E-state index in [4.69, 9.17) is 0 Å². The minimum atomic E-state index is 0.625. The molecule has 0 amide bonds. The van der Waals surface area contributed by atoms with Crippen LogP contribution < -0.4 is 0 Å². The van der Waals surface area contributed by atoms with E-state index in [1.165, 1.54) is 16.2 Å². The van der Waals surface area contributed by atoms with Gasteiger partial charge >= 0.3 is 0 Å². The summed E-state index contributed by atoms with van der Waals surface area (Å²) in [5.41, 5.74) is 1.48. The number of benzene rings is 1. The van der Waals surface area contributed by atoms with E-state index < -0.39 is 0 Å². The molecular weight excluding hydrogens is 250 g/mol. The van der Waals surface area contributed by atoms with Crippen LogP contribution in [0.3, 0.4) is 0 Å². The van der Waals surface area contributed by atoms with Crippen molar-refractivity contribution in [2.24, 2.45) is 0 Å². The Morgan fingerprint density at radius 3 is 3.18 bits per heavy atom. The summed E-state index contributed by atoms with van der Waals surface area (Å²) in [6.45, 7) is 1.93. The fourth-order valence-corrected chi connectivity index (χ4v) is 4.29. The van der Waals surface area contributed by atoms with Gasteiger partial charge < -0.3 is 0 Å². The van der Waals surface area contributed by atoms with Gasteiger partial charge in [0.25, 0.3) is 0 Å². The van der Waals surface area contributed by atoms with Gasteiger partial charge in [-0.2, -0.15) is 0 Å². The van der Waals surface area contributed by atoms with Crippen molar-refractivity contribution < 1.29 is 0 Å². The largest absolute Gasteiger partial charge is 0.262 e. The number of aromatic nitrogens is 3. The van der Waals surface area contributed by atoms with E-state index in [1.807, 2.05) is 18.7 Å². The summed E-state index contributed by atoms with van der Waals surface area (Å²) in [4.78, 5) is 5.75. The van der Waals surface area contributed by atoms with Crippen molar-refractivity contribution in [3.63, 3.8) is 0 Å². The number of hydrogen-bond acceptors (Lipinski definition) is 4. The highest BCUT2D eigenvalue weighted by Gasteiger charge is 2.23. The quantitative estimate of drug-likeness (QED) is 0.864. The third-order valence-electron chi connectivity index (χ3n) is 2.79. The second kappa shape index (κ2) is 4.74. The van der Waals surface area contributed by atoms with E-state index in [9.17, 15) is 0 Å². The molecule has 1 aliphatic rings. The summed E-state index contributed by atoms with van der Waals surface area (Å²) in [6.07, 6.45) is 0. The van der Waals surface area contributed by atoms with E-state index in [-0.39, 0.29) is 0 Å². The number of H-pyrrole nitrogens is 1. The summed E-state index contributed by atoms with van der Waals surface area (Å²) in [7, 11) is 0. The Morgan fingerprint density at radius 2 is 2.35 bits per heavy atom. The lowest BCUT2D eigenvalue weighted by Crippen LogP contribution is -2.00. The number of thioether (sulfide) groups is 2. The molecule has 0 fully saturated rings. The Labute approximate surface area is 109 Å². The maximum absolute atomic E-state index is 4.32. The number of aryl methyl sites for hydroxylation is 1. The van der Waals surface area contributed by atoms with Crippen molar-refractivity contribution in [1.29, 1.82) is 0 Å². The average Bonchev–Trinajstić information content (AvgIpc) is 2.93. The zero-order valence-corrected chi connectivity index (χ0v) is 11.1. The molecular formula is C12H13N3S2. The zero-order valence-electron chi connectivity index (χ0n) is 9.51. The van der Waals surface area contributed by atoms with Crippen LogP contribution in [0.1, 0.15) is 17.3 Å². The van der Waals surface area contributed by atoms with Gasteiger partial charge in [-0.3, -0.25) is 5.10 Å². The second-order valence-electron chi connectivity index (χ2n) is 4.06. The molecule has 1 N–H and O–H groups in total. The predicted molar refractivity (Wildman–Crippen MR) is 71.8 cm³/mol. The molecule has 3 rings (SSSR count). The first-order valence-corrected chi connectivity index (χ1v) is 7.53. The molecule has 0 radical (unpaired) electrons. The van der Waals surface area contributed by atoms with Gasteiger partial charge in [-0.15, -0.1) is 16.9 Å². The molecule has 3 nitrogen and oxygen atoms in total. The van der Waals surface area contributed by atoms with Crippen molar-refractivity contribution in [2.75, 3.05) is 11.5 Å². The molecule has 5 heteroatoms. The van der Waals surface area contributed by atoms with Crippen LogP contribution in [0.4, 0.5) is 0 Å². The molecule has 17 heavy (non-hydrogen) atoms. The first-order chi connectivity index (χ1) is 8.33. The van der Waals surface area contributed by atoms with Crippen LogP contribution in [-0.4, -0.2) is 26.7 Å². The summed E-state index contributed by atoms with van der Waals surface area (Å²) < 4.78 is 0. The monoisotopic (exact) mass is 263 g/mol. The number of fused-ring (bicyclic) bond motifs is 1. The van der Waals surface area contributed by atoms with Gasteiger partial charge in [0, 0.05) is 22.3 Å². The van der Waals surface area contributed by atoms with Crippen molar-refractivity contribution in [1.82, 2.24) is 15.2 Å². The van der Waals surface area contributed by atoms with Crippen LogP contribution in [0, 0.1) is 6.92 Å². The zero-order chi connectivity index (χ0) is 11.7. The lowest BCUT2D eigenvalue weighted by atomic mass is 10.0. The van der Waals surface area contributed by atoms with Gasteiger partial charge in [0.2, 0.25) is 5.16 Å². The fourth-order valence-electron chi connectivity index (χ4n) is 1.93. The fraction of sp³-hybridized carbons (Fsp3) is 0.333. The molecule has 0 spiro atoms. The first kappa shape index (κ1) is 11.2. The topological polar surface area (TPSA) is 41.6 Å². The summed E-state index contributed by atoms with van der Waals surface area (Å²) in [6, 6.07) is 8.69. The third kappa shape index (κ3) is 2.35. The van der Waals surface area contributed by atoms with Gasteiger partial charge in [-0.05, 0) is 18.6 Å². The van der Waals surface area contributed by atoms with Gasteiger partial charge in [-0.25, -0.2) is 4.98 Å². The van der Waals surface area contributed by atoms with Crippen LogP contribution in [0.5, 0.6) is 0 Å². The molecule has 1 aromatic heterocycles. The lowest BCUT2D eigenvalue weighted by Gasteiger charge is -2.07. The van der Waals surface area contributed by atoms with E-state index in [2.05, 4.69) is 39.4 Å². The SMILES string of the molecule is Cc1nc(SCC2CSc3ccccc32)n[nH]1. The minimum absolute atomic E-state index is 0.625. The van der Waals surface area contributed by atoms with E-state index in [0.29, 0.717) is 5.92 Å². The highest BCUT2D eigenvalue weighted by Crippen LogP contribution is 2.41. The Hall–Kier alpha value is -0.940. The molecule has 2 aromatic rings. The van der Waals surface area contributed by atoms with E-state index in [1.54, 1.807) is 11.8 Å². The minimum Gasteiger partial charge on any atom is -0.262 e. The molecule has 0 aliphatic carbocycles. The Kier molecular flexibility index (Phi) is 3.11. The number of nitrogens with one attached hydrogen (secondary N) is 1. The Bertz CT molecular complexity index is 524. The average molecular weight is 263 g/mol. The van der Waals surface area contributed by atoms with Crippen LogP contribution >= 0.6 is 23.5 Å². The molecule has 1 atom stereocenters. The van der Waals surface area contributed by atoms with Crippen LogP contribution in [0.15, 0.2) is 34.3 Å². The molecule has 1 aromatic carbocycles. The van der Waals surface area contributed by atoms with Crippen molar-refractivity contribution in [2.45, 2.75) is 22.9 Å². The third-order valence-corrected chi connectivity index (χ3v) is 5.05. The molecule has 0 saturated heterocycles. The lowest BCUT2D eigenvalue weighted by molar-refractivity contribution is 0.887. The normalized spacial score (nSPS) is 18.3. The molecule has 2 heterocycles. The number of nitrogens with zero attached hydrogens (tertiary/aromatic N) is 2. The maximum Gasteiger partial charge on any atom is 0.208 e. The van der Waals surface area contributed by atoms with Gasteiger partial charge in [0.1, 0.15) is 5.82 Å². The number of hydrogen-bond donors (Lipinski definition) is 1. The maximum atomic E-state index is 4.32. The molecule has 0 bridgehead atoms. The summed E-state index contributed by atoms with van der Waals surface area (Å²) >= 11 is 3.69. The summed E-state index contributed by atoms with van der Waals surface area (Å²) in [5, 5.41) is 7.89. The highest BCUT2D eigenvalue weighted by atomic mass is 32.2. The molecule has 0 saturated carbocycles. The van der Waals surface area contributed by atoms with Crippen molar-refractivity contribution in [3.8, 4) is 0 Å². The second-order valence-corrected chi connectivity index (χ2v) is 6.11. The highest BCUT2D eigenvalue weighted by molar-refractivity contribution is 8.00. The van der Waals surface area contributed by atoms with Crippen molar-refractivity contribution in [3.05, 3.63) is 35.7 Å². The Balaban J connectivity index is 1.68. The van der Waals surface area contributed by atoms with Gasteiger partial charge in [-0.1, -0.05) is 30.0 Å². The summed E-state index contributed by atoms with van der Waals surface area (Å²) in [5.74, 6) is 3.74. The van der Waals surface area contributed by atoms with Gasteiger partial charge in [0.15, 0.2) is 0 Å².